The second-order valence-electron chi connectivity index (χ2n) is 4.25. The number of nitrogens with one attached hydrogen (secondary N) is 1. The molecule has 20 heavy (non-hydrogen) atoms. The van der Waals surface area contributed by atoms with Gasteiger partial charge in [-0.05, 0) is 26.0 Å². The van der Waals surface area contributed by atoms with Crippen molar-refractivity contribution in [2.75, 3.05) is 27.4 Å². The summed E-state index contributed by atoms with van der Waals surface area (Å²) in [6.45, 7) is 4.61. The maximum absolute atomic E-state index is 12.1. The fraction of sp³-hybridized carbons (Fsp3) is 0.500. The average molecular weight is 302 g/mol. The van der Waals surface area contributed by atoms with Crippen molar-refractivity contribution in [1.29, 1.82) is 0 Å². The molecule has 0 radical (unpaired) electrons. The summed E-state index contributed by atoms with van der Waals surface area (Å²) in [6, 6.07) is 3.07. The highest BCUT2D eigenvalue weighted by Gasteiger charge is 2.16. The molecule has 1 amide bonds. The Morgan fingerprint density at radius 3 is 2.65 bits per heavy atom. The summed E-state index contributed by atoms with van der Waals surface area (Å²) in [6.07, 6.45) is 0. The van der Waals surface area contributed by atoms with Crippen molar-refractivity contribution in [2.24, 2.45) is 0 Å². The first-order valence-electron chi connectivity index (χ1n) is 6.33. The van der Waals surface area contributed by atoms with Crippen molar-refractivity contribution in [1.82, 2.24) is 5.32 Å². The molecule has 0 aliphatic carbocycles. The predicted octanol–water partition coefficient (Wildman–Crippen LogP) is 2.51. The molecule has 112 valence electrons. The number of hydrogen-bond donors (Lipinski definition) is 1. The molecule has 0 spiro atoms. The van der Waals surface area contributed by atoms with Crippen LogP contribution >= 0.6 is 11.6 Å². The molecular formula is C14H20ClNO4. The third-order valence-corrected chi connectivity index (χ3v) is 2.86. The second-order valence-corrected chi connectivity index (χ2v) is 4.66. The van der Waals surface area contributed by atoms with Crippen LogP contribution < -0.4 is 14.8 Å². The number of amides is 1. The lowest BCUT2D eigenvalue weighted by molar-refractivity contribution is 0.0905. The van der Waals surface area contributed by atoms with Gasteiger partial charge in [0.25, 0.3) is 5.91 Å². The Kier molecular flexibility index (Phi) is 6.61. The first-order chi connectivity index (χ1) is 9.53. The van der Waals surface area contributed by atoms with Crippen molar-refractivity contribution in [2.45, 2.75) is 19.9 Å². The summed E-state index contributed by atoms with van der Waals surface area (Å²) in [5.41, 5.74) is 0.415. The van der Waals surface area contributed by atoms with E-state index < -0.39 is 0 Å². The summed E-state index contributed by atoms with van der Waals surface area (Å²) >= 11 is 6.12. The van der Waals surface area contributed by atoms with Gasteiger partial charge in [0.15, 0.2) is 11.5 Å². The Bertz CT molecular complexity index is 465. The molecule has 1 aromatic carbocycles. The molecule has 0 aromatic heterocycles. The summed E-state index contributed by atoms with van der Waals surface area (Å²) < 4.78 is 15.6. The molecule has 1 atom stereocenters. The smallest absolute Gasteiger partial charge is 0.251 e. The van der Waals surface area contributed by atoms with Crippen LogP contribution in [0.4, 0.5) is 0 Å². The minimum Gasteiger partial charge on any atom is -0.493 e. The van der Waals surface area contributed by atoms with E-state index in [1.807, 2.05) is 13.8 Å². The molecule has 0 heterocycles. The summed E-state index contributed by atoms with van der Waals surface area (Å²) in [4.78, 5) is 12.1. The van der Waals surface area contributed by atoms with Gasteiger partial charge in [0.2, 0.25) is 0 Å². The number of benzene rings is 1. The molecule has 0 aliphatic rings. The van der Waals surface area contributed by atoms with Gasteiger partial charge >= 0.3 is 0 Å². The first kappa shape index (κ1) is 16.6. The Hall–Kier alpha value is -1.46. The van der Waals surface area contributed by atoms with Crippen LogP contribution in [0.15, 0.2) is 12.1 Å². The zero-order valence-electron chi connectivity index (χ0n) is 12.2. The average Bonchev–Trinajstić information content (AvgIpc) is 2.41. The third kappa shape index (κ3) is 4.28. The van der Waals surface area contributed by atoms with E-state index in [2.05, 4.69) is 5.32 Å². The van der Waals surface area contributed by atoms with E-state index in [9.17, 15) is 4.79 Å². The number of hydrogen-bond acceptors (Lipinski definition) is 4. The van der Waals surface area contributed by atoms with Crippen LogP contribution in [-0.2, 0) is 4.74 Å². The van der Waals surface area contributed by atoms with Gasteiger partial charge < -0.3 is 19.5 Å². The summed E-state index contributed by atoms with van der Waals surface area (Å²) in [5, 5.41) is 3.15. The van der Waals surface area contributed by atoms with E-state index in [-0.39, 0.29) is 11.9 Å². The Labute approximate surface area is 124 Å². The summed E-state index contributed by atoms with van der Waals surface area (Å²) in [5.74, 6) is 0.639. The van der Waals surface area contributed by atoms with Gasteiger partial charge in [-0.3, -0.25) is 4.79 Å². The van der Waals surface area contributed by atoms with E-state index in [0.717, 1.165) is 0 Å². The monoisotopic (exact) mass is 301 g/mol. The fourth-order valence-electron chi connectivity index (χ4n) is 1.73. The molecular weight excluding hydrogens is 282 g/mol. The Morgan fingerprint density at radius 2 is 2.10 bits per heavy atom. The van der Waals surface area contributed by atoms with Crippen molar-refractivity contribution < 1.29 is 19.0 Å². The molecule has 0 fully saturated rings. The molecule has 0 bridgehead atoms. The van der Waals surface area contributed by atoms with Gasteiger partial charge in [-0.15, -0.1) is 0 Å². The number of rotatable bonds is 7. The van der Waals surface area contributed by atoms with E-state index in [1.165, 1.54) is 7.11 Å². The number of carbonyl (C=O) groups excluding carboxylic acids is 1. The largest absolute Gasteiger partial charge is 0.493 e. The van der Waals surface area contributed by atoms with Gasteiger partial charge in [-0.1, -0.05) is 11.6 Å². The molecule has 1 N–H and O–H groups in total. The standard InChI is InChI=1S/C14H20ClNO4/c1-5-20-13-11(15)6-10(7-12(13)19-4)14(17)16-9(2)8-18-3/h6-7,9H,5,8H2,1-4H3,(H,16,17). The fourth-order valence-corrected chi connectivity index (χ4v) is 2.00. The SMILES string of the molecule is CCOc1c(Cl)cc(C(=O)NC(C)COC)cc1OC. The maximum Gasteiger partial charge on any atom is 0.251 e. The van der Waals surface area contributed by atoms with Crippen LogP contribution in [0.3, 0.4) is 0 Å². The van der Waals surface area contributed by atoms with Crippen LogP contribution in [0, 0.1) is 0 Å². The quantitative estimate of drug-likeness (QED) is 0.841. The van der Waals surface area contributed by atoms with Crippen LogP contribution in [0.25, 0.3) is 0 Å². The zero-order valence-corrected chi connectivity index (χ0v) is 12.9. The van der Waals surface area contributed by atoms with E-state index in [4.69, 9.17) is 25.8 Å². The van der Waals surface area contributed by atoms with Crippen molar-refractivity contribution in [3.8, 4) is 11.5 Å². The highest BCUT2D eigenvalue weighted by molar-refractivity contribution is 6.32. The van der Waals surface area contributed by atoms with Crippen LogP contribution in [0.5, 0.6) is 11.5 Å². The number of halogens is 1. The molecule has 1 unspecified atom stereocenters. The van der Waals surface area contributed by atoms with Gasteiger partial charge in [0, 0.05) is 18.7 Å². The molecule has 1 aromatic rings. The number of carbonyl (C=O) groups is 1. The van der Waals surface area contributed by atoms with Crippen LogP contribution in [0.1, 0.15) is 24.2 Å². The topological polar surface area (TPSA) is 56.8 Å². The zero-order chi connectivity index (χ0) is 15.1. The first-order valence-corrected chi connectivity index (χ1v) is 6.71. The van der Waals surface area contributed by atoms with Gasteiger partial charge in [-0.25, -0.2) is 0 Å². The minimum absolute atomic E-state index is 0.0937. The van der Waals surface area contributed by atoms with Crippen molar-refractivity contribution >= 4 is 17.5 Å². The third-order valence-electron chi connectivity index (χ3n) is 2.57. The highest BCUT2D eigenvalue weighted by atomic mass is 35.5. The number of methoxy groups -OCH3 is 2. The number of ether oxygens (including phenoxy) is 3. The van der Waals surface area contributed by atoms with Crippen molar-refractivity contribution in [3.05, 3.63) is 22.7 Å². The van der Waals surface area contributed by atoms with Gasteiger partial charge in [0.05, 0.1) is 25.3 Å². The van der Waals surface area contributed by atoms with Gasteiger partial charge in [-0.2, -0.15) is 0 Å². The molecule has 0 aliphatic heterocycles. The maximum atomic E-state index is 12.1. The van der Waals surface area contributed by atoms with Crippen LogP contribution in [0.2, 0.25) is 5.02 Å². The molecule has 1 rings (SSSR count). The normalized spacial score (nSPS) is 11.8. The molecule has 5 nitrogen and oxygen atoms in total. The lowest BCUT2D eigenvalue weighted by atomic mass is 10.1. The van der Waals surface area contributed by atoms with E-state index in [1.54, 1.807) is 19.2 Å². The lowest BCUT2D eigenvalue weighted by Crippen LogP contribution is -2.35. The summed E-state index contributed by atoms with van der Waals surface area (Å²) in [7, 11) is 3.09. The van der Waals surface area contributed by atoms with E-state index >= 15 is 0 Å². The highest BCUT2D eigenvalue weighted by Crippen LogP contribution is 2.36. The molecule has 0 saturated heterocycles. The van der Waals surface area contributed by atoms with Gasteiger partial charge in [0.1, 0.15) is 0 Å². The predicted molar refractivity (Wildman–Crippen MR) is 78.0 cm³/mol. The van der Waals surface area contributed by atoms with E-state index in [0.29, 0.717) is 35.3 Å². The Balaban J connectivity index is 2.96. The second kappa shape index (κ2) is 7.97. The lowest BCUT2D eigenvalue weighted by Gasteiger charge is -2.15. The van der Waals surface area contributed by atoms with Crippen LogP contribution in [-0.4, -0.2) is 39.4 Å². The Morgan fingerprint density at radius 1 is 1.40 bits per heavy atom. The minimum atomic E-state index is -0.238. The van der Waals surface area contributed by atoms with Crippen molar-refractivity contribution in [3.63, 3.8) is 0 Å². The molecule has 0 saturated carbocycles. The molecule has 6 heteroatoms.